The molecular formula is C13H14F3N3O3. The van der Waals surface area contributed by atoms with E-state index in [0.717, 1.165) is 6.54 Å². The summed E-state index contributed by atoms with van der Waals surface area (Å²) in [5.41, 5.74) is -2.08. The van der Waals surface area contributed by atoms with Gasteiger partial charge in [0, 0.05) is 32.2 Å². The summed E-state index contributed by atoms with van der Waals surface area (Å²) in [6.07, 6.45) is 0. The van der Waals surface area contributed by atoms with Gasteiger partial charge in [-0.2, -0.15) is 4.39 Å². The van der Waals surface area contributed by atoms with Crippen LogP contribution in [0.5, 0.6) is 0 Å². The number of carbonyl (C=O) groups is 1. The lowest BCUT2D eigenvalue weighted by Crippen LogP contribution is -2.48. The number of nitro groups is 1. The van der Waals surface area contributed by atoms with Crippen LogP contribution in [0.2, 0.25) is 0 Å². The molecule has 0 unspecified atom stereocenters. The molecule has 1 amide bonds. The minimum Gasteiger partial charge on any atom is -0.336 e. The van der Waals surface area contributed by atoms with E-state index < -0.39 is 39.5 Å². The Labute approximate surface area is 124 Å². The van der Waals surface area contributed by atoms with Crippen LogP contribution >= 0.6 is 0 Å². The zero-order chi connectivity index (χ0) is 16.4. The van der Waals surface area contributed by atoms with Crippen LogP contribution in [-0.2, 0) is 0 Å². The largest absolute Gasteiger partial charge is 0.336 e. The van der Waals surface area contributed by atoms with Gasteiger partial charge in [0.1, 0.15) is 0 Å². The Hall–Kier alpha value is -2.16. The maximum absolute atomic E-state index is 13.8. The van der Waals surface area contributed by atoms with Crippen LogP contribution in [0.3, 0.4) is 0 Å². The Kier molecular flexibility index (Phi) is 4.65. The first-order valence-corrected chi connectivity index (χ1v) is 6.70. The van der Waals surface area contributed by atoms with Crippen molar-refractivity contribution in [2.75, 3.05) is 32.7 Å². The molecular weight excluding hydrogens is 303 g/mol. The fraction of sp³-hybridized carbons (Fsp3) is 0.462. The average Bonchev–Trinajstić information content (AvgIpc) is 2.52. The highest BCUT2D eigenvalue weighted by atomic mass is 19.2. The lowest BCUT2D eigenvalue weighted by Gasteiger charge is -2.34. The minimum absolute atomic E-state index is 0.291. The SMILES string of the molecule is CCN1CCN(C(=O)c2cc([N+](=O)[O-])c(F)c(F)c2F)CC1. The first-order chi connectivity index (χ1) is 10.4. The number of carbonyl (C=O) groups excluding carboxylic acids is 1. The molecule has 1 aliphatic rings. The van der Waals surface area contributed by atoms with Crippen molar-refractivity contribution in [2.24, 2.45) is 0 Å². The molecule has 0 bridgehead atoms. The molecule has 1 heterocycles. The van der Waals surface area contributed by atoms with E-state index in [9.17, 15) is 28.1 Å². The van der Waals surface area contributed by atoms with Crippen molar-refractivity contribution in [3.05, 3.63) is 39.2 Å². The fourth-order valence-corrected chi connectivity index (χ4v) is 2.32. The highest BCUT2D eigenvalue weighted by molar-refractivity contribution is 5.95. The first-order valence-electron chi connectivity index (χ1n) is 6.70. The van der Waals surface area contributed by atoms with Gasteiger partial charge in [0.25, 0.3) is 5.91 Å². The van der Waals surface area contributed by atoms with E-state index in [1.807, 2.05) is 6.92 Å². The molecule has 0 spiro atoms. The Morgan fingerprint density at radius 3 is 2.27 bits per heavy atom. The van der Waals surface area contributed by atoms with Gasteiger partial charge in [0.05, 0.1) is 10.5 Å². The Bertz CT molecular complexity index is 616. The Morgan fingerprint density at radius 2 is 1.77 bits per heavy atom. The standard InChI is InChI=1S/C13H14F3N3O3/c1-2-17-3-5-18(6-4-17)13(20)8-7-9(19(21)22)11(15)12(16)10(8)14/h7H,2-6H2,1H3. The third kappa shape index (κ3) is 2.89. The molecule has 0 radical (unpaired) electrons. The van der Waals surface area contributed by atoms with Crippen LogP contribution in [0.1, 0.15) is 17.3 Å². The summed E-state index contributed by atoms with van der Waals surface area (Å²) in [5, 5.41) is 10.7. The zero-order valence-corrected chi connectivity index (χ0v) is 11.8. The van der Waals surface area contributed by atoms with Crippen molar-refractivity contribution < 1.29 is 22.9 Å². The number of amides is 1. The second kappa shape index (κ2) is 6.30. The van der Waals surface area contributed by atoms with Gasteiger partial charge in [-0.15, -0.1) is 0 Å². The molecule has 1 aromatic rings. The Morgan fingerprint density at radius 1 is 1.18 bits per heavy atom. The van der Waals surface area contributed by atoms with Gasteiger partial charge in [-0.05, 0) is 6.54 Å². The van der Waals surface area contributed by atoms with Gasteiger partial charge < -0.3 is 9.80 Å². The highest BCUT2D eigenvalue weighted by Crippen LogP contribution is 2.26. The molecule has 0 saturated carbocycles. The lowest BCUT2D eigenvalue weighted by atomic mass is 10.1. The molecule has 1 saturated heterocycles. The molecule has 0 N–H and O–H groups in total. The summed E-state index contributed by atoms with van der Waals surface area (Å²) in [6, 6.07) is 0.447. The molecule has 1 aromatic carbocycles. The van der Waals surface area contributed by atoms with Crippen LogP contribution < -0.4 is 0 Å². The van der Waals surface area contributed by atoms with Gasteiger partial charge in [-0.3, -0.25) is 14.9 Å². The summed E-state index contributed by atoms with van der Waals surface area (Å²) in [7, 11) is 0. The molecule has 6 nitrogen and oxygen atoms in total. The summed E-state index contributed by atoms with van der Waals surface area (Å²) >= 11 is 0. The summed E-state index contributed by atoms with van der Waals surface area (Å²) in [5.74, 6) is -6.50. The third-order valence-corrected chi connectivity index (χ3v) is 3.66. The monoisotopic (exact) mass is 317 g/mol. The number of nitro benzene ring substituents is 1. The van der Waals surface area contributed by atoms with Crippen LogP contribution in [-0.4, -0.2) is 53.4 Å². The predicted octanol–water partition coefficient (Wildman–Crippen LogP) is 1.79. The predicted molar refractivity (Wildman–Crippen MR) is 71.0 cm³/mol. The molecule has 0 atom stereocenters. The van der Waals surface area contributed by atoms with Gasteiger partial charge >= 0.3 is 5.69 Å². The van der Waals surface area contributed by atoms with Crippen LogP contribution in [0, 0.1) is 27.6 Å². The lowest BCUT2D eigenvalue weighted by molar-refractivity contribution is -0.387. The van der Waals surface area contributed by atoms with Crippen molar-refractivity contribution in [2.45, 2.75) is 6.92 Å². The number of hydrogen-bond donors (Lipinski definition) is 0. The second-order valence-electron chi connectivity index (χ2n) is 4.87. The van der Waals surface area contributed by atoms with Gasteiger partial charge in [0.2, 0.25) is 11.6 Å². The summed E-state index contributed by atoms with van der Waals surface area (Å²) in [6.45, 7) is 4.46. The van der Waals surface area contributed by atoms with E-state index in [0.29, 0.717) is 32.2 Å². The van der Waals surface area contributed by atoms with Crippen molar-refractivity contribution in [1.82, 2.24) is 9.80 Å². The smallest absolute Gasteiger partial charge is 0.308 e. The quantitative estimate of drug-likeness (QED) is 0.484. The number of piperazine rings is 1. The maximum Gasteiger partial charge on any atom is 0.308 e. The number of halogens is 3. The molecule has 1 fully saturated rings. The second-order valence-corrected chi connectivity index (χ2v) is 4.87. The number of hydrogen-bond acceptors (Lipinski definition) is 4. The molecule has 22 heavy (non-hydrogen) atoms. The van der Waals surface area contributed by atoms with Gasteiger partial charge in [-0.25, -0.2) is 8.78 Å². The van der Waals surface area contributed by atoms with Crippen LogP contribution in [0.25, 0.3) is 0 Å². The minimum atomic E-state index is -2.01. The van der Waals surface area contributed by atoms with Crippen LogP contribution in [0.4, 0.5) is 18.9 Å². The van der Waals surface area contributed by atoms with Crippen molar-refractivity contribution >= 4 is 11.6 Å². The molecule has 9 heteroatoms. The molecule has 2 rings (SSSR count). The first kappa shape index (κ1) is 16.2. The summed E-state index contributed by atoms with van der Waals surface area (Å²) < 4.78 is 40.5. The molecule has 120 valence electrons. The van der Waals surface area contributed by atoms with Crippen molar-refractivity contribution in [3.8, 4) is 0 Å². The topological polar surface area (TPSA) is 66.7 Å². The molecule has 0 aromatic heterocycles. The molecule has 1 aliphatic heterocycles. The molecule has 0 aliphatic carbocycles. The third-order valence-electron chi connectivity index (χ3n) is 3.66. The van der Waals surface area contributed by atoms with Gasteiger partial charge in [0.15, 0.2) is 5.82 Å². The van der Waals surface area contributed by atoms with Gasteiger partial charge in [-0.1, -0.05) is 6.92 Å². The number of rotatable bonds is 3. The number of benzene rings is 1. The fourth-order valence-electron chi connectivity index (χ4n) is 2.32. The normalized spacial score (nSPS) is 15.9. The zero-order valence-electron chi connectivity index (χ0n) is 11.8. The van der Waals surface area contributed by atoms with E-state index in [-0.39, 0.29) is 0 Å². The van der Waals surface area contributed by atoms with Crippen molar-refractivity contribution in [1.29, 1.82) is 0 Å². The van der Waals surface area contributed by atoms with E-state index in [1.165, 1.54) is 4.90 Å². The number of likely N-dealkylation sites (N-methyl/N-ethyl adjacent to an activating group) is 1. The van der Waals surface area contributed by atoms with E-state index in [2.05, 4.69) is 4.90 Å². The highest BCUT2D eigenvalue weighted by Gasteiger charge is 2.31. The maximum atomic E-state index is 13.8. The summed E-state index contributed by atoms with van der Waals surface area (Å²) in [4.78, 5) is 25.0. The number of nitrogens with zero attached hydrogens (tertiary/aromatic N) is 3. The average molecular weight is 317 g/mol. The van der Waals surface area contributed by atoms with Crippen molar-refractivity contribution in [3.63, 3.8) is 0 Å². The van der Waals surface area contributed by atoms with E-state index in [1.54, 1.807) is 0 Å². The van der Waals surface area contributed by atoms with E-state index >= 15 is 0 Å². The Balaban J connectivity index is 2.32. The van der Waals surface area contributed by atoms with E-state index in [4.69, 9.17) is 0 Å². The van der Waals surface area contributed by atoms with Crippen LogP contribution in [0.15, 0.2) is 6.07 Å².